The molecule has 0 atom stereocenters. The van der Waals surface area contributed by atoms with E-state index < -0.39 is 43.8 Å². The number of esters is 1. The van der Waals surface area contributed by atoms with Crippen molar-refractivity contribution in [3.8, 4) is 5.75 Å². The lowest BCUT2D eigenvalue weighted by Gasteiger charge is -2.30. The Hall–Kier alpha value is -2.50. The molecule has 0 spiro atoms. The van der Waals surface area contributed by atoms with Crippen molar-refractivity contribution in [2.24, 2.45) is 0 Å². The summed E-state index contributed by atoms with van der Waals surface area (Å²) in [6, 6.07) is 5.14. The van der Waals surface area contributed by atoms with Crippen molar-refractivity contribution in [2.75, 3.05) is 6.61 Å². The molecule has 4 nitrogen and oxygen atoms in total. The van der Waals surface area contributed by atoms with Crippen LogP contribution in [0.15, 0.2) is 42.2 Å². The van der Waals surface area contributed by atoms with Crippen molar-refractivity contribution in [2.45, 2.75) is 51.5 Å². The zero-order valence-electron chi connectivity index (χ0n) is 17.9. The zero-order valence-corrected chi connectivity index (χ0v) is 18.9. The van der Waals surface area contributed by atoms with Crippen molar-refractivity contribution in [1.82, 2.24) is 0 Å². The Bertz CT molecular complexity index is 871. The molecule has 0 amide bonds. The van der Waals surface area contributed by atoms with Gasteiger partial charge in [-0.15, -0.1) is 0 Å². The number of benzene rings is 1. The number of carbonyl (C=O) groups is 1. The van der Waals surface area contributed by atoms with Crippen LogP contribution < -0.4 is 4.74 Å². The summed E-state index contributed by atoms with van der Waals surface area (Å²) in [4.78, 5) is 11.7. The van der Waals surface area contributed by atoms with Gasteiger partial charge in [0.2, 0.25) is 8.32 Å². The molecule has 1 aromatic carbocycles. The first-order valence-electron chi connectivity index (χ1n) is 9.31. The smallest absolute Gasteiger partial charge is 0.460 e. The summed E-state index contributed by atoms with van der Waals surface area (Å²) >= 11 is 0. The number of rotatable bonds is 9. The molecule has 0 heterocycles. The molecule has 0 radical (unpaired) electrons. The Morgan fingerprint density at radius 2 is 1.59 bits per heavy atom. The molecule has 0 aliphatic rings. The monoisotopic (exact) mass is 488 g/mol. The minimum absolute atomic E-state index is 0.0123. The van der Waals surface area contributed by atoms with Crippen molar-refractivity contribution in [3.05, 3.63) is 47.7 Å². The average molecular weight is 488 g/mol. The Balaban J connectivity index is 3.61. The van der Waals surface area contributed by atoms with E-state index in [-0.39, 0.29) is 24.0 Å². The highest BCUT2D eigenvalue weighted by Crippen LogP contribution is 2.50. The van der Waals surface area contributed by atoms with Gasteiger partial charge in [0, 0.05) is 0 Å². The number of hydrogen-bond acceptors (Lipinski definition) is 4. The van der Waals surface area contributed by atoms with E-state index in [1.165, 1.54) is 31.2 Å². The second kappa shape index (κ2) is 9.97. The zero-order chi connectivity index (χ0) is 25.0. The Morgan fingerprint density at radius 3 is 2.06 bits per heavy atom. The maximum absolute atomic E-state index is 14.4. The molecule has 0 unspecified atom stereocenters. The molecule has 0 saturated carbocycles. The number of para-hydroxylation sites is 1. The third kappa shape index (κ3) is 6.50. The Labute approximate surface area is 181 Å². The molecule has 0 fully saturated rings. The minimum Gasteiger partial charge on any atom is -0.544 e. The summed E-state index contributed by atoms with van der Waals surface area (Å²) in [6.45, 7) is 7.93. The van der Waals surface area contributed by atoms with Gasteiger partial charge in [0.05, 0.1) is 18.2 Å². The molecular formula is C20H23F7O4Si. The molecule has 0 N–H and O–H groups in total. The van der Waals surface area contributed by atoms with E-state index in [9.17, 15) is 35.5 Å². The van der Waals surface area contributed by atoms with Gasteiger partial charge in [0.15, 0.2) is 5.76 Å². The van der Waals surface area contributed by atoms with Crippen LogP contribution in [0.1, 0.15) is 19.4 Å². The second-order valence-electron chi connectivity index (χ2n) is 7.37. The normalized spacial score (nSPS) is 14.2. The Kier molecular flexibility index (Phi) is 8.57. The highest BCUT2D eigenvalue weighted by Gasteiger charge is 2.75. The maximum Gasteiger partial charge on any atom is 0.460 e. The summed E-state index contributed by atoms with van der Waals surface area (Å²) < 4.78 is 109. The number of ether oxygens (including phenoxy) is 2. The molecule has 180 valence electrons. The lowest BCUT2D eigenvalue weighted by atomic mass is 10.1. The van der Waals surface area contributed by atoms with Crippen LogP contribution in [0.5, 0.6) is 5.75 Å². The van der Waals surface area contributed by atoms with Gasteiger partial charge in [0.1, 0.15) is 11.5 Å². The van der Waals surface area contributed by atoms with Crippen molar-refractivity contribution < 1.29 is 49.4 Å². The van der Waals surface area contributed by atoms with Crippen LogP contribution in [-0.2, 0) is 14.0 Å². The van der Waals surface area contributed by atoms with Gasteiger partial charge in [-0.2, -0.15) is 30.7 Å². The van der Waals surface area contributed by atoms with Gasteiger partial charge in [-0.05, 0) is 51.7 Å². The maximum atomic E-state index is 14.4. The fourth-order valence-electron chi connectivity index (χ4n) is 2.28. The highest BCUT2D eigenvalue weighted by atomic mass is 28.4. The first kappa shape index (κ1) is 27.5. The minimum atomic E-state index is -6.62. The summed E-state index contributed by atoms with van der Waals surface area (Å²) in [7, 11) is -2.24. The quantitative estimate of drug-likeness (QED) is 0.130. The summed E-state index contributed by atoms with van der Waals surface area (Å²) in [5.74, 6) is -16.7. The average Bonchev–Trinajstić information content (AvgIpc) is 2.64. The molecule has 1 rings (SSSR count). The van der Waals surface area contributed by atoms with E-state index >= 15 is 0 Å². The van der Waals surface area contributed by atoms with Gasteiger partial charge >= 0.3 is 24.0 Å². The van der Waals surface area contributed by atoms with E-state index in [4.69, 9.17) is 9.16 Å². The van der Waals surface area contributed by atoms with Crippen LogP contribution in [-0.4, -0.2) is 38.9 Å². The first-order chi connectivity index (χ1) is 14.5. The number of allylic oxidation sites excluding steroid dienone is 2. The highest BCUT2D eigenvalue weighted by molar-refractivity contribution is 6.70. The molecule has 0 saturated heterocycles. The topological polar surface area (TPSA) is 44.8 Å². The molecule has 32 heavy (non-hydrogen) atoms. The summed E-state index contributed by atoms with van der Waals surface area (Å²) in [5.41, 5.74) is 0.0123. The van der Waals surface area contributed by atoms with E-state index in [0.717, 1.165) is 6.07 Å². The molecule has 1 aromatic rings. The molecule has 0 aliphatic carbocycles. The number of carbonyl (C=O) groups excluding carboxylic acids is 1. The lowest BCUT2D eigenvalue weighted by molar-refractivity contribution is -0.348. The fraction of sp³-hybridized carbons (Fsp3) is 0.450. The number of hydrogen-bond donors (Lipinski definition) is 0. The Morgan fingerprint density at radius 1 is 1.03 bits per heavy atom. The van der Waals surface area contributed by atoms with Crippen molar-refractivity contribution in [3.63, 3.8) is 0 Å². The second-order valence-corrected chi connectivity index (χ2v) is 11.8. The van der Waals surface area contributed by atoms with Gasteiger partial charge in [-0.25, -0.2) is 4.79 Å². The van der Waals surface area contributed by atoms with E-state index in [1.807, 2.05) is 19.6 Å². The van der Waals surface area contributed by atoms with E-state index in [0.29, 0.717) is 0 Å². The molecule has 0 bridgehead atoms. The predicted molar refractivity (Wildman–Crippen MR) is 106 cm³/mol. The van der Waals surface area contributed by atoms with Gasteiger partial charge in [0.25, 0.3) is 0 Å². The molecule has 0 aliphatic heterocycles. The van der Waals surface area contributed by atoms with Gasteiger partial charge in [-0.1, -0.05) is 12.1 Å². The van der Waals surface area contributed by atoms with Crippen LogP contribution in [0.25, 0.3) is 5.76 Å². The van der Waals surface area contributed by atoms with Crippen LogP contribution >= 0.6 is 0 Å². The molecule has 12 heteroatoms. The van der Waals surface area contributed by atoms with Crippen molar-refractivity contribution >= 4 is 20.0 Å². The lowest BCUT2D eigenvalue weighted by Crippen LogP contribution is -2.53. The standard InChI is InChI=1S/C20H23F7O4Si/c1-6-14(31-32(3,4)5)13-10-8-9-11-15(13)30-16(12-17(28)29-7-2)18(21,22)19(23,24)20(25,26)27/h6,8-12H,7H2,1-5H3/b14-6+,16-12+. The van der Waals surface area contributed by atoms with Crippen molar-refractivity contribution in [1.29, 1.82) is 0 Å². The van der Waals surface area contributed by atoms with E-state index in [1.54, 1.807) is 6.92 Å². The first-order valence-corrected chi connectivity index (χ1v) is 12.7. The third-order valence-electron chi connectivity index (χ3n) is 3.65. The third-order valence-corrected chi connectivity index (χ3v) is 4.48. The van der Waals surface area contributed by atoms with Crippen LogP contribution in [0.3, 0.4) is 0 Å². The largest absolute Gasteiger partial charge is 0.544 e. The summed E-state index contributed by atoms with van der Waals surface area (Å²) in [6.07, 6.45) is -5.39. The van der Waals surface area contributed by atoms with E-state index in [2.05, 4.69) is 4.74 Å². The van der Waals surface area contributed by atoms with Gasteiger partial charge in [-0.3, -0.25) is 0 Å². The number of alkyl halides is 7. The summed E-state index contributed by atoms with van der Waals surface area (Å²) in [5, 5.41) is 0. The van der Waals surface area contributed by atoms with Crippen LogP contribution in [0, 0.1) is 0 Å². The van der Waals surface area contributed by atoms with Crippen LogP contribution in [0.4, 0.5) is 30.7 Å². The SMILES string of the molecule is C/C=C(/O[Si](C)(C)C)c1ccccc1O/C(=C/C(=O)OCC)C(F)(F)C(F)(F)C(F)(F)F. The van der Waals surface area contributed by atoms with Crippen LogP contribution in [0.2, 0.25) is 19.6 Å². The fourth-order valence-corrected chi connectivity index (χ4v) is 3.17. The number of halogens is 7. The molecular weight excluding hydrogens is 465 g/mol. The predicted octanol–water partition coefficient (Wildman–Crippen LogP) is 6.56. The van der Waals surface area contributed by atoms with Gasteiger partial charge < -0.3 is 13.9 Å². The molecule has 0 aromatic heterocycles.